The van der Waals surface area contributed by atoms with Crippen LogP contribution in [-0.2, 0) is 6.18 Å². The number of alkyl halides is 3. The fourth-order valence-electron chi connectivity index (χ4n) is 0.838. The second-order valence-corrected chi connectivity index (χ2v) is 2.17. The van der Waals surface area contributed by atoms with Crippen LogP contribution in [-0.4, -0.2) is 12.0 Å². The molecule has 1 rings (SSSR count). The Kier molecular flexibility index (Phi) is 2.21. The van der Waals surface area contributed by atoms with Crippen LogP contribution < -0.4 is 5.32 Å². The van der Waals surface area contributed by atoms with Gasteiger partial charge in [0.05, 0.1) is 5.56 Å². The summed E-state index contributed by atoms with van der Waals surface area (Å²) in [5.41, 5.74) is -0.704. The highest BCUT2D eigenvalue weighted by atomic mass is 19.4. The lowest BCUT2D eigenvalue weighted by atomic mass is 10.2. The third kappa shape index (κ3) is 1.66. The van der Waals surface area contributed by atoms with E-state index >= 15 is 0 Å². The number of nitrogens with one attached hydrogen (secondary N) is 1. The van der Waals surface area contributed by atoms with Crippen molar-refractivity contribution in [1.29, 1.82) is 0 Å². The van der Waals surface area contributed by atoms with Gasteiger partial charge in [-0.3, -0.25) is 4.98 Å². The number of pyridine rings is 1. The fourth-order valence-corrected chi connectivity index (χ4v) is 0.838. The summed E-state index contributed by atoms with van der Waals surface area (Å²) >= 11 is 0. The van der Waals surface area contributed by atoms with Crippen molar-refractivity contribution in [2.45, 2.75) is 6.18 Å². The Balaban J connectivity index is 3.14. The molecule has 0 radical (unpaired) electrons. The summed E-state index contributed by atoms with van der Waals surface area (Å²) in [6.45, 7) is 0. The van der Waals surface area contributed by atoms with Crippen LogP contribution in [0.3, 0.4) is 0 Å². The van der Waals surface area contributed by atoms with Gasteiger partial charge in [-0.2, -0.15) is 13.2 Å². The molecule has 12 heavy (non-hydrogen) atoms. The van der Waals surface area contributed by atoms with Gasteiger partial charge in [0, 0.05) is 25.1 Å². The van der Waals surface area contributed by atoms with Crippen LogP contribution in [0, 0.1) is 0 Å². The van der Waals surface area contributed by atoms with Crippen molar-refractivity contribution in [3.05, 3.63) is 24.0 Å². The van der Waals surface area contributed by atoms with Gasteiger partial charge >= 0.3 is 6.18 Å². The normalized spacial score (nSPS) is 11.3. The first-order valence-corrected chi connectivity index (χ1v) is 3.24. The maximum absolute atomic E-state index is 12.2. The Morgan fingerprint density at radius 1 is 1.42 bits per heavy atom. The summed E-state index contributed by atoms with van der Waals surface area (Å²) in [4.78, 5) is 3.40. The molecule has 1 aromatic rings. The summed E-state index contributed by atoms with van der Waals surface area (Å²) in [5.74, 6) is 0. The Labute approximate surface area is 67.4 Å². The molecule has 2 nitrogen and oxygen atoms in total. The minimum Gasteiger partial charge on any atom is -0.388 e. The van der Waals surface area contributed by atoms with Crippen molar-refractivity contribution < 1.29 is 13.2 Å². The van der Waals surface area contributed by atoms with Crippen LogP contribution in [0.25, 0.3) is 0 Å². The zero-order chi connectivity index (χ0) is 9.19. The Bertz CT molecular complexity index is 270. The molecule has 66 valence electrons. The summed E-state index contributed by atoms with van der Waals surface area (Å²) in [6, 6.07) is 1.28. The van der Waals surface area contributed by atoms with E-state index in [0.29, 0.717) is 0 Å². The maximum atomic E-state index is 12.2. The molecule has 0 saturated heterocycles. The number of hydrogen-bond acceptors (Lipinski definition) is 2. The summed E-state index contributed by atoms with van der Waals surface area (Å²) in [5, 5.41) is 2.44. The van der Waals surface area contributed by atoms with Crippen molar-refractivity contribution >= 4 is 5.69 Å². The molecule has 1 aromatic heterocycles. The minimum absolute atomic E-state index is 0.0394. The monoisotopic (exact) mass is 176 g/mol. The molecule has 1 N–H and O–H groups in total. The smallest absolute Gasteiger partial charge is 0.388 e. The Morgan fingerprint density at radius 2 is 2.08 bits per heavy atom. The van der Waals surface area contributed by atoms with Gasteiger partial charge in [-0.05, 0) is 6.07 Å². The third-order valence-electron chi connectivity index (χ3n) is 1.40. The summed E-state index contributed by atoms with van der Waals surface area (Å²) in [6.07, 6.45) is -2.24. The molecule has 0 aliphatic heterocycles. The lowest BCUT2D eigenvalue weighted by molar-refractivity contribution is -0.137. The van der Waals surface area contributed by atoms with Gasteiger partial charge in [-0.15, -0.1) is 0 Å². The predicted molar refractivity (Wildman–Crippen MR) is 38.8 cm³/mol. The van der Waals surface area contributed by atoms with Crippen LogP contribution in [0.2, 0.25) is 0 Å². The maximum Gasteiger partial charge on any atom is 0.419 e. The van der Waals surface area contributed by atoms with Crippen LogP contribution >= 0.6 is 0 Å². The van der Waals surface area contributed by atoms with E-state index in [1.54, 1.807) is 0 Å². The minimum atomic E-state index is -4.34. The Morgan fingerprint density at radius 3 is 2.50 bits per heavy atom. The first-order chi connectivity index (χ1) is 5.55. The van der Waals surface area contributed by atoms with Gasteiger partial charge < -0.3 is 5.32 Å². The van der Waals surface area contributed by atoms with E-state index in [9.17, 15) is 13.2 Å². The molecule has 0 spiro atoms. The molecule has 0 saturated carbocycles. The van der Waals surface area contributed by atoms with E-state index < -0.39 is 11.7 Å². The number of halogens is 3. The molecule has 0 amide bonds. The lowest BCUT2D eigenvalue weighted by Crippen LogP contribution is -2.09. The van der Waals surface area contributed by atoms with Gasteiger partial charge in [0.15, 0.2) is 0 Å². The molecule has 0 aliphatic rings. The first-order valence-electron chi connectivity index (χ1n) is 3.24. The SMILES string of the molecule is CNc1ccncc1C(F)(F)F. The molecule has 5 heteroatoms. The highest BCUT2D eigenvalue weighted by molar-refractivity contribution is 5.50. The van der Waals surface area contributed by atoms with Crippen molar-refractivity contribution in [3.8, 4) is 0 Å². The lowest BCUT2D eigenvalue weighted by Gasteiger charge is -2.10. The highest BCUT2D eigenvalue weighted by Gasteiger charge is 2.33. The van der Waals surface area contributed by atoms with Gasteiger partial charge in [0.2, 0.25) is 0 Å². The summed E-state index contributed by atoms with van der Waals surface area (Å²) < 4.78 is 36.5. The van der Waals surface area contributed by atoms with Crippen molar-refractivity contribution in [2.24, 2.45) is 0 Å². The predicted octanol–water partition coefficient (Wildman–Crippen LogP) is 2.14. The van der Waals surface area contributed by atoms with Crippen LogP contribution in [0.1, 0.15) is 5.56 Å². The highest BCUT2D eigenvalue weighted by Crippen LogP contribution is 2.33. The van der Waals surface area contributed by atoms with Gasteiger partial charge in [0.25, 0.3) is 0 Å². The Hall–Kier alpha value is -1.26. The molecule has 0 atom stereocenters. The average Bonchev–Trinajstić information content (AvgIpc) is 2.03. The number of nitrogens with zero attached hydrogens (tertiary/aromatic N) is 1. The van der Waals surface area contributed by atoms with Crippen molar-refractivity contribution in [2.75, 3.05) is 12.4 Å². The van der Waals surface area contributed by atoms with Gasteiger partial charge in [0.1, 0.15) is 0 Å². The van der Waals surface area contributed by atoms with Crippen molar-refractivity contribution in [3.63, 3.8) is 0 Å². The fraction of sp³-hybridized carbons (Fsp3) is 0.286. The zero-order valence-corrected chi connectivity index (χ0v) is 6.31. The molecule has 0 fully saturated rings. The molecule has 0 aliphatic carbocycles. The molecule has 0 aromatic carbocycles. The van der Waals surface area contributed by atoms with E-state index in [2.05, 4.69) is 10.3 Å². The van der Waals surface area contributed by atoms with E-state index in [1.807, 2.05) is 0 Å². The van der Waals surface area contributed by atoms with E-state index in [0.717, 1.165) is 6.20 Å². The second-order valence-electron chi connectivity index (χ2n) is 2.17. The largest absolute Gasteiger partial charge is 0.419 e. The van der Waals surface area contributed by atoms with Crippen molar-refractivity contribution in [1.82, 2.24) is 4.98 Å². The molecule has 0 bridgehead atoms. The van der Waals surface area contributed by atoms with Crippen LogP contribution in [0.4, 0.5) is 18.9 Å². The molecule has 1 heterocycles. The van der Waals surface area contributed by atoms with Crippen LogP contribution in [0.5, 0.6) is 0 Å². The molecular formula is C7H7F3N2. The van der Waals surface area contributed by atoms with Crippen LogP contribution in [0.15, 0.2) is 18.5 Å². The number of rotatable bonds is 1. The molecular weight excluding hydrogens is 169 g/mol. The topological polar surface area (TPSA) is 24.9 Å². The zero-order valence-electron chi connectivity index (χ0n) is 6.31. The van der Waals surface area contributed by atoms with Gasteiger partial charge in [-0.1, -0.05) is 0 Å². The standard InChI is InChI=1S/C7H7F3N2/c1-11-6-2-3-12-4-5(6)7(8,9)10/h2-4H,1H3,(H,11,12). The number of hydrogen-bond donors (Lipinski definition) is 1. The average molecular weight is 176 g/mol. The number of aromatic nitrogens is 1. The van der Waals surface area contributed by atoms with E-state index in [4.69, 9.17) is 0 Å². The second kappa shape index (κ2) is 3.00. The first kappa shape index (κ1) is 8.83. The van der Waals surface area contributed by atoms with E-state index in [1.165, 1.54) is 19.3 Å². The van der Waals surface area contributed by atoms with Gasteiger partial charge in [-0.25, -0.2) is 0 Å². The summed E-state index contributed by atoms with van der Waals surface area (Å²) in [7, 11) is 1.44. The third-order valence-corrected chi connectivity index (χ3v) is 1.40. The quantitative estimate of drug-likeness (QED) is 0.709. The number of anilines is 1. The molecule has 0 unspecified atom stereocenters. The van der Waals surface area contributed by atoms with E-state index in [-0.39, 0.29) is 5.69 Å².